The maximum Gasteiger partial charge on any atom is 0.279 e. The van der Waals surface area contributed by atoms with Crippen LogP contribution in [0.25, 0.3) is 39.4 Å². The van der Waals surface area contributed by atoms with Gasteiger partial charge in [-0.2, -0.15) is 14.8 Å². The van der Waals surface area contributed by atoms with Gasteiger partial charge in [0.25, 0.3) is 11.4 Å². The van der Waals surface area contributed by atoms with E-state index in [1.807, 2.05) is 73.7 Å². The van der Waals surface area contributed by atoms with Crippen molar-refractivity contribution in [3.05, 3.63) is 94.3 Å². The molecule has 152 valence electrons. The fourth-order valence-corrected chi connectivity index (χ4v) is 3.62. The number of aryl methyl sites for hydroxylation is 2. The molecule has 0 saturated carbocycles. The summed E-state index contributed by atoms with van der Waals surface area (Å²) in [6, 6.07) is 23.0. The predicted octanol–water partition coefficient (Wildman–Crippen LogP) is 4.97. The van der Waals surface area contributed by atoms with Crippen LogP contribution in [0.2, 0.25) is 0 Å². The van der Waals surface area contributed by atoms with Crippen molar-refractivity contribution in [3.8, 4) is 28.7 Å². The average molecular weight is 408 g/mol. The van der Waals surface area contributed by atoms with Crippen LogP contribution in [0.1, 0.15) is 18.1 Å². The second kappa shape index (κ2) is 7.65. The highest BCUT2D eigenvalue weighted by molar-refractivity contribution is 5.92. The first-order valence-electron chi connectivity index (χ1n) is 10.2. The Hall–Kier alpha value is -4.06. The highest BCUT2D eigenvalue weighted by Crippen LogP contribution is 2.26. The molecule has 0 aliphatic carbocycles. The summed E-state index contributed by atoms with van der Waals surface area (Å²) in [6.45, 7) is 4.11. The maximum absolute atomic E-state index is 13.2. The third kappa shape index (κ3) is 3.42. The number of fused-ring (bicyclic) bond motifs is 1. The fraction of sp³-hybridized carbons (Fsp3) is 0.120. The minimum Gasteiger partial charge on any atom is -0.332 e. The van der Waals surface area contributed by atoms with E-state index >= 15 is 0 Å². The van der Waals surface area contributed by atoms with Gasteiger partial charge in [-0.05, 0) is 43.2 Å². The van der Waals surface area contributed by atoms with E-state index in [2.05, 4.69) is 22.2 Å². The van der Waals surface area contributed by atoms with Gasteiger partial charge in [0.05, 0.1) is 11.1 Å². The summed E-state index contributed by atoms with van der Waals surface area (Å²) >= 11 is 0. The molecule has 5 rings (SSSR count). The second-order valence-electron chi connectivity index (χ2n) is 7.42. The lowest BCUT2D eigenvalue weighted by molar-refractivity contribution is 0.430. The van der Waals surface area contributed by atoms with Crippen molar-refractivity contribution in [2.45, 2.75) is 20.3 Å². The molecule has 0 aliphatic heterocycles. The summed E-state index contributed by atoms with van der Waals surface area (Å²) in [5, 5.41) is 9.99. The normalized spacial score (nSPS) is 11.2. The lowest BCUT2D eigenvalue weighted by Crippen LogP contribution is -2.22. The summed E-state index contributed by atoms with van der Waals surface area (Å²) in [6.07, 6.45) is 0.926. The molecule has 3 aromatic carbocycles. The third-order valence-corrected chi connectivity index (χ3v) is 5.30. The lowest BCUT2D eigenvalue weighted by atomic mass is 10.1. The van der Waals surface area contributed by atoms with Gasteiger partial charge in [-0.25, -0.2) is 0 Å². The minimum atomic E-state index is -0.193. The average Bonchev–Trinajstić information content (AvgIpc) is 3.30. The topological polar surface area (TPSA) is 73.8 Å². The van der Waals surface area contributed by atoms with Crippen LogP contribution in [0.4, 0.5) is 0 Å². The molecule has 6 nitrogen and oxygen atoms in total. The molecule has 0 spiro atoms. The molecule has 0 fully saturated rings. The number of benzene rings is 3. The quantitative estimate of drug-likeness (QED) is 0.420. The van der Waals surface area contributed by atoms with Crippen LogP contribution in [-0.4, -0.2) is 19.9 Å². The van der Waals surface area contributed by atoms with Crippen molar-refractivity contribution in [1.29, 1.82) is 0 Å². The molecule has 2 aromatic heterocycles. The zero-order valence-electron chi connectivity index (χ0n) is 17.2. The Bertz CT molecular complexity index is 1450. The van der Waals surface area contributed by atoms with Crippen LogP contribution in [-0.2, 0) is 6.42 Å². The summed E-state index contributed by atoms with van der Waals surface area (Å²) in [4.78, 5) is 17.7. The highest BCUT2D eigenvalue weighted by Gasteiger charge is 2.19. The monoisotopic (exact) mass is 408 g/mol. The van der Waals surface area contributed by atoms with E-state index in [9.17, 15) is 4.79 Å². The van der Waals surface area contributed by atoms with Gasteiger partial charge in [0.1, 0.15) is 0 Å². The molecule has 2 heterocycles. The first-order chi connectivity index (χ1) is 15.1. The van der Waals surface area contributed by atoms with Gasteiger partial charge in [-0.15, -0.1) is 0 Å². The first-order valence-corrected chi connectivity index (χ1v) is 10.2. The predicted molar refractivity (Wildman–Crippen MR) is 120 cm³/mol. The van der Waals surface area contributed by atoms with E-state index in [1.165, 1.54) is 10.2 Å². The Morgan fingerprint density at radius 3 is 2.45 bits per heavy atom. The molecule has 5 aromatic rings. The van der Waals surface area contributed by atoms with Crippen molar-refractivity contribution in [3.63, 3.8) is 0 Å². The van der Waals surface area contributed by atoms with E-state index in [1.54, 1.807) is 6.07 Å². The van der Waals surface area contributed by atoms with Gasteiger partial charge in [0.2, 0.25) is 5.82 Å². The van der Waals surface area contributed by atoms with E-state index in [0.29, 0.717) is 28.0 Å². The number of hydrogen-bond donors (Lipinski definition) is 0. The molecule has 31 heavy (non-hydrogen) atoms. The van der Waals surface area contributed by atoms with Crippen LogP contribution >= 0.6 is 0 Å². The highest BCUT2D eigenvalue weighted by atomic mass is 16.5. The third-order valence-electron chi connectivity index (χ3n) is 5.30. The Balaban J connectivity index is 1.70. The number of aromatic nitrogens is 4. The molecule has 0 N–H and O–H groups in total. The number of nitrogens with zero attached hydrogens (tertiary/aromatic N) is 4. The van der Waals surface area contributed by atoms with Gasteiger partial charge in [-0.1, -0.05) is 66.2 Å². The van der Waals surface area contributed by atoms with Crippen molar-refractivity contribution in [1.82, 2.24) is 19.9 Å². The Morgan fingerprint density at radius 2 is 1.71 bits per heavy atom. The molecule has 0 saturated heterocycles. The molecule has 0 aliphatic rings. The lowest BCUT2D eigenvalue weighted by Gasteiger charge is -2.09. The molecule has 6 heteroatoms. The van der Waals surface area contributed by atoms with Gasteiger partial charge >= 0.3 is 0 Å². The SMILES string of the molecule is CCc1ccc(-n2nc(-c3nc(-c4cccc(C)c4)no3)c3ccccc3c2=O)cc1. The Morgan fingerprint density at radius 1 is 0.935 bits per heavy atom. The summed E-state index contributed by atoms with van der Waals surface area (Å²) in [7, 11) is 0. The van der Waals surface area contributed by atoms with Crippen LogP contribution in [0, 0.1) is 6.92 Å². The summed E-state index contributed by atoms with van der Waals surface area (Å²) in [5.74, 6) is 0.751. The van der Waals surface area contributed by atoms with Gasteiger partial charge in [0.15, 0.2) is 5.69 Å². The van der Waals surface area contributed by atoms with E-state index in [0.717, 1.165) is 17.5 Å². The van der Waals surface area contributed by atoms with Crippen LogP contribution in [0.15, 0.2) is 82.1 Å². The number of hydrogen-bond acceptors (Lipinski definition) is 5. The van der Waals surface area contributed by atoms with Crippen LogP contribution < -0.4 is 5.56 Å². The van der Waals surface area contributed by atoms with Crippen LogP contribution in [0.3, 0.4) is 0 Å². The van der Waals surface area contributed by atoms with Gasteiger partial charge in [0, 0.05) is 10.9 Å². The van der Waals surface area contributed by atoms with E-state index in [-0.39, 0.29) is 11.4 Å². The van der Waals surface area contributed by atoms with Crippen molar-refractivity contribution in [2.75, 3.05) is 0 Å². The molecule has 0 atom stereocenters. The molecule has 0 unspecified atom stereocenters. The molecular formula is C25H20N4O2. The van der Waals surface area contributed by atoms with Crippen molar-refractivity contribution < 1.29 is 4.52 Å². The molecule has 0 bridgehead atoms. The van der Waals surface area contributed by atoms with Crippen LogP contribution in [0.5, 0.6) is 0 Å². The number of rotatable bonds is 4. The van der Waals surface area contributed by atoms with Crippen molar-refractivity contribution in [2.24, 2.45) is 0 Å². The Labute approximate surface area is 178 Å². The van der Waals surface area contributed by atoms with Crippen molar-refractivity contribution >= 4 is 10.8 Å². The summed E-state index contributed by atoms with van der Waals surface area (Å²) < 4.78 is 6.98. The largest absolute Gasteiger partial charge is 0.332 e. The molecule has 0 radical (unpaired) electrons. The van der Waals surface area contributed by atoms with E-state index in [4.69, 9.17) is 4.52 Å². The standard InChI is InChI=1S/C25H20N4O2/c1-3-17-11-13-19(14-12-17)29-25(30)21-10-5-4-9-20(21)22(27-29)24-26-23(28-31-24)18-8-6-7-16(2)15-18/h4-15H,3H2,1-2H3. The maximum atomic E-state index is 13.2. The zero-order valence-corrected chi connectivity index (χ0v) is 17.2. The zero-order chi connectivity index (χ0) is 21.4. The molecular weight excluding hydrogens is 388 g/mol. The fourth-order valence-electron chi connectivity index (χ4n) is 3.62. The smallest absolute Gasteiger partial charge is 0.279 e. The Kier molecular flexibility index (Phi) is 4.67. The van der Waals surface area contributed by atoms with Gasteiger partial charge in [-0.3, -0.25) is 4.79 Å². The second-order valence-corrected chi connectivity index (χ2v) is 7.42. The minimum absolute atomic E-state index is 0.193. The van der Waals surface area contributed by atoms with E-state index < -0.39 is 0 Å². The molecule has 0 amide bonds. The summed E-state index contributed by atoms with van der Waals surface area (Å²) in [5.41, 5.74) is 4.13. The van der Waals surface area contributed by atoms with Gasteiger partial charge < -0.3 is 4.52 Å². The first kappa shape index (κ1) is 18.9.